The van der Waals surface area contributed by atoms with E-state index < -0.39 is 5.54 Å². The van der Waals surface area contributed by atoms with Crippen molar-refractivity contribution in [3.05, 3.63) is 47.6 Å². The van der Waals surface area contributed by atoms with Crippen molar-refractivity contribution in [1.29, 1.82) is 0 Å². The molecular formula is C18H24N4O3. The van der Waals surface area contributed by atoms with Crippen molar-refractivity contribution < 1.29 is 14.1 Å². The summed E-state index contributed by atoms with van der Waals surface area (Å²) < 4.78 is 11.2. The highest BCUT2D eigenvalue weighted by Crippen LogP contribution is 2.24. The predicted octanol–water partition coefficient (Wildman–Crippen LogP) is 2.01. The molecule has 1 aliphatic heterocycles. The number of nitrogens with zero attached hydrogens (tertiary/aromatic N) is 3. The van der Waals surface area contributed by atoms with Crippen molar-refractivity contribution in [2.75, 3.05) is 19.7 Å². The Kier molecular flexibility index (Phi) is 5.15. The van der Waals surface area contributed by atoms with Crippen LogP contribution in [0.5, 0.6) is 0 Å². The number of carbonyl (C=O) groups is 1. The van der Waals surface area contributed by atoms with Gasteiger partial charge in [0.25, 0.3) is 5.89 Å². The molecule has 0 radical (unpaired) electrons. The van der Waals surface area contributed by atoms with Crippen LogP contribution in [0.15, 0.2) is 34.9 Å². The molecule has 0 spiro atoms. The van der Waals surface area contributed by atoms with Crippen LogP contribution in [-0.4, -0.2) is 40.6 Å². The average Bonchev–Trinajstić information content (AvgIpc) is 3.06. The highest BCUT2D eigenvalue weighted by Gasteiger charge is 2.31. The second kappa shape index (κ2) is 7.33. The number of nitrogens with one attached hydrogen (secondary N) is 1. The summed E-state index contributed by atoms with van der Waals surface area (Å²) in [5.74, 6) is 0.756. The highest BCUT2D eigenvalue weighted by atomic mass is 16.5. The van der Waals surface area contributed by atoms with Crippen LogP contribution >= 0.6 is 0 Å². The van der Waals surface area contributed by atoms with Gasteiger partial charge in [0.2, 0.25) is 5.91 Å². The van der Waals surface area contributed by atoms with Crippen molar-refractivity contribution in [3.8, 4) is 0 Å². The molecule has 7 nitrogen and oxygen atoms in total. The summed E-state index contributed by atoms with van der Waals surface area (Å²) in [6, 6.07) is 10.3. The first-order valence-corrected chi connectivity index (χ1v) is 8.45. The van der Waals surface area contributed by atoms with E-state index in [1.807, 2.05) is 32.0 Å². The number of morpholine rings is 1. The van der Waals surface area contributed by atoms with E-state index in [1.165, 1.54) is 12.5 Å². The minimum atomic E-state index is -0.689. The van der Waals surface area contributed by atoms with Gasteiger partial charge in [-0.25, -0.2) is 0 Å². The lowest BCUT2D eigenvalue weighted by atomic mass is 10.1. The molecule has 1 aromatic carbocycles. The maximum absolute atomic E-state index is 11.3. The minimum absolute atomic E-state index is 0.140. The molecule has 0 bridgehead atoms. The second-order valence-corrected chi connectivity index (χ2v) is 6.84. The van der Waals surface area contributed by atoms with E-state index in [-0.39, 0.29) is 12.0 Å². The van der Waals surface area contributed by atoms with Gasteiger partial charge in [-0.3, -0.25) is 9.69 Å². The van der Waals surface area contributed by atoms with Gasteiger partial charge < -0.3 is 14.6 Å². The SMILES string of the molecule is CC(=O)NC(C)(C)c1noc(C2CN(Cc3ccccc3)CCO2)n1. The second-order valence-electron chi connectivity index (χ2n) is 6.84. The van der Waals surface area contributed by atoms with E-state index in [0.29, 0.717) is 24.9 Å². The third-order valence-corrected chi connectivity index (χ3v) is 4.16. The third-order valence-electron chi connectivity index (χ3n) is 4.16. The highest BCUT2D eigenvalue weighted by molar-refractivity contribution is 5.73. The number of ether oxygens (including phenoxy) is 1. The van der Waals surface area contributed by atoms with Crippen molar-refractivity contribution in [2.45, 2.75) is 39.0 Å². The zero-order chi connectivity index (χ0) is 17.9. The molecule has 1 saturated heterocycles. The number of hydrogen-bond acceptors (Lipinski definition) is 6. The fraction of sp³-hybridized carbons (Fsp3) is 0.500. The van der Waals surface area contributed by atoms with Gasteiger partial charge in [0, 0.05) is 26.6 Å². The van der Waals surface area contributed by atoms with Crippen LogP contribution in [-0.2, 0) is 21.6 Å². The van der Waals surface area contributed by atoms with E-state index in [4.69, 9.17) is 9.26 Å². The lowest BCUT2D eigenvalue weighted by molar-refractivity contribution is -0.120. The first-order valence-electron chi connectivity index (χ1n) is 8.45. The predicted molar refractivity (Wildman–Crippen MR) is 91.6 cm³/mol. The van der Waals surface area contributed by atoms with Crippen molar-refractivity contribution in [1.82, 2.24) is 20.4 Å². The molecule has 1 unspecified atom stereocenters. The van der Waals surface area contributed by atoms with Crippen LogP contribution in [0.2, 0.25) is 0 Å². The Balaban J connectivity index is 1.67. The monoisotopic (exact) mass is 344 g/mol. The van der Waals surface area contributed by atoms with Gasteiger partial charge in [0.1, 0.15) is 6.10 Å². The quantitative estimate of drug-likeness (QED) is 0.894. The van der Waals surface area contributed by atoms with E-state index in [0.717, 1.165) is 13.1 Å². The number of rotatable bonds is 5. The Bertz CT molecular complexity index is 714. The molecule has 25 heavy (non-hydrogen) atoms. The van der Waals surface area contributed by atoms with Crippen molar-refractivity contribution >= 4 is 5.91 Å². The van der Waals surface area contributed by atoms with Crippen LogP contribution in [0.3, 0.4) is 0 Å². The first kappa shape index (κ1) is 17.6. The zero-order valence-corrected chi connectivity index (χ0v) is 14.9. The largest absolute Gasteiger partial charge is 0.366 e. The van der Waals surface area contributed by atoms with Gasteiger partial charge in [0.05, 0.1) is 12.1 Å². The molecule has 134 valence electrons. The molecule has 0 aliphatic carbocycles. The summed E-state index contributed by atoms with van der Waals surface area (Å²) in [5.41, 5.74) is 0.576. The Labute approximate surface area is 147 Å². The smallest absolute Gasteiger partial charge is 0.257 e. The van der Waals surface area contributed by atoms with Gasteiger partial charge in [-0.05, 0) is 19.4 Å². The molecule has 1 fully saturated rings. The topological polar surface area (TPSA) is 80.5 Å². The van der Waals surface area contributed by atoms with E-state index >= 15 is 0 Å². The summed E-state index contributed by atoms with van der Waals surface area (Å²) in [4.78, 5) is 18.1. The molecule has 1 aromatic heterocycles. The maximum Gasteiger partial charge on any atom is 0.257 e. The molecule has 2 heterocycles. The fourth-order valence-electron chi connectivity index (χ4n) is 2.95. The summed E-state index contributed by atoms with van der Waals surface area (Å²) in [7, 11) is 0. The van der Waals surface area contributed by atoms with Gasteiger partial charge in [0.15, 0.2) is 5.82 Å². The Morgan fingerprint density at radius 3 is 2.84 bits per heavy atom. The first-order chi connectivity index (χ1) is 11.9. The standard InChI is InChI=1S/C18H24N4O3/c1-13(23)20-18(2,3)17-19-16(25-21-17)15-12-22(9-10-24-15)11-14-7-5-4-6-8-14/h4-8,15H,9-12H2,1-3H3,(H,20,23). The lowest BCUT2D eigenvalue weighted by Gasteiger charge is -2.31. The molecule has 2 aromatic rings. The molecule has 7 heteroatoms. The molecule has 1 N–H and O–H groups in total. The Hall–Kier alpha value is -2.25. The lowest BCUT2D eigenvalue weighted by Crippen LogP contribution is -2.40. The molecular weight excluding hydrogens is 320 g/mol. The summed E-state index contributed by atoms with van der Waals surface area (Å²) >= 11 is 0. The number of amides is 1. The van der Waals surface area contributed by atoms with Crippen molar-refractivity contribution in [3.63, 3.8) is 0 Å². The zero-order valence-electron chi connectivity index (χ0n) is 14.9. The number of benzene rings is 1. The van der Waals surface area contributed by atoms with Crippen LogP contribution in [0, 0.1) is 0 Å². The Morgan fingerprint density at radius 1 is 1.36 bits per heavy atom. The normalized spacial score (nSPS) is 18.9. The summed E-state index contributed by atoms with van der Waals surface area (Å²) in [6.07, 6.45) is -0.258. The molecule has 1 aliphatic rings. The average molecular weight is 344 g/mol. The van der Waals surface area contributed by atoms with Crippen LogP contribution < -0.4 is 5.32 Å². The van der Waals surface area contributed by atoms with E-state index in [2.05, 4.69) is 32.5 Å². The number of aromatic nitrogens is 2. The molecule has 1 amide bonds. The van der Waals surface area contributed by atoms with Gasteiger partial charge in [-0.2, -0.15) is 4.98 Å². The van der Waals surface area contributed by atoms with Crippen LogP contribution in [0.1, 0.15) is 44.2 Å². The third kappa shape index (κ3) is 4.43. The molecule has 3 rings (SSSR count). The van der Waals surface area contributed by atoms with E-state index in [1.54, 1.807) is 0 Å². The van der Waals surface area contributed by atoms with Crippen LogP contribution in [0.4, 0.5) is 0 Å². The van der Waals surface area contributed by atoms with Gasteiger partial charge in [-0.1, -0.05) is 35.5 Å². The Morgan fingerprint density at radius 2 is 2.12 bits per heavy atom. The number of carbonyl (C=O) groups excluding carboxylic acids is 1. The fourth-order valence-corrected chi connectivity index (χ4v) is 2.95. The van der Waals surface area contributed by atoms with Crippen molar-refractivity contribution in [2.24, 2.45) is 0 Å². The summed E-state index contributed by atoms with van der Waals surface area (Å²) in [5, 5.41) is 6.84. The molecule has 1 atom stereocenters. The minimum Gasteiger partial charge on any atom is -0.366 e. The summed E-state index contributed by atoms with van der Waals surface area (Å²) in [6.45, 7) is 8.18. The van der Waals surface area contributed by atoms with E-state index in [9.17, 15) is 4.79 Å². The van der Waals surface area contributed by atoms with Gasteiger partial charge >= 0.3 is 0 Å². The molecule has 0 saturated carbocycles. The van der Waals surface area contributed by atoms with Gasteiger partial charge in [-0.15, -0.1) is 0 Å². The maximum atomic E-state index is 11.3. The number of hydrogen-bond donors (Lipinski definition) is 1. The van der Waals surface area contributed by atoms with Crippen LogP contribution in [0.25, 0.3) is 0 Å².